The van der Waals surface area contributed by atoms with E-state index < -0.39 is 11.7 Å². The van der Waals surface area contributed by atoms with Crippen LogP contribution in [0, 0.1) is 5.82 Å². The number of nitrogen functional groups attached to an aromatic ring is 1. The molecule has 1 amide bonds. The predicted molar refractivity (Wildman–Crippen MR) is 70.1 cm³/mol. The van der Waals surface area contributed by atoms with Crippen molar-refractivity contribution in [3.05, 3.63) is 59.4 Å². The van der Waals surface area contributed by atoms with E-state index in [1.807, 2.05) is 6.07 Å². The molecule has 0 saturated heterocycles. The van der Waals surface area contributed by atoms with Crippen molar-refractivity contribution in [2.75, 3.05) is 5.73 Å². The monoisotopic (exact) mass is 260 g/mol. The quantitative estimate of drug-likeness (QED) is 0.739. The molecule has 19 heavy (non-hydrogen) atoms. The minimum Gasteiger partial charge on any atom is -0.507 e. The van der Waals surface area contributed by atoms with Crippen LogP contribution in [-0.2, 0) is 6.54 Å². The van der Waals surface area contributed by atoms with Gasteiger partial charge in [0.25, 0.3) is 5.91 Å². The number of nitrogens with one attached hydrogen (secondary N) is 1. The van der Waals surface area contributed by atoms with Crippen molar-refractivity contribution in [1.29, 1.82) is 0 Å². The molecule has 4 N–H and O–H groups in total. The highest BCUT2D eigenvalue weighted by molar-refractivity contribution is 5.96. The summed E-state index contributed by atoms with van der Waals surface area (Å²) in [6.45, 7) is 0.250. The third-order valence-corrected chi connectivity index (χ3v) is 2.61. The van der Waals surface area contributed by atoms with Gasteiger partial charge in [-0.25, -0.2) is 4.39 Å². The van der Waals surface area contributed by atoms with Crippen LogP contribution in [0.4, 0.5) is 10.1 Å². The zero-order valence-corrected chi connectivity index (χ0v) is 10.1. The molecule has 98 valence electrons. The fraction of sp³-hybridized carbons (Fsp3) is 0.0714. The highest BCUT2D eigenvalue weighted by Gasteiger charge is 2.11. The van der Waals surface area contributed by atoms with Gasteiger partial charge in [0.15, 0.2) is 0 Å². The first-order valence-electron chi connectivity index (χ1n) is 5.67. The average molecular weight is 260 g/mol. The Morgan fingerprint density at radius 1 is 1.26 bits per heavy atom. The third-order valence-electron chi connectivity index (χ3n) is 2.61. The van der Waals surface area contributed by atoms with Gasteiger partial charge in [0, 0.05) is 12.2 Å². The molecule has 0 atom stereocenters. The molecule has 0 bridgehead atoms. The molecule has 0 fully saturated rings. The van der Waals surface area contributed by atoms with E-state index in [1.54, 1.807) is 18.2 Å². The van der Waals surface area contributed by atoms with E-state index in [1.165, 1.54) is 0 Å². The highest BCUT2D eigenvalue weighted by atomic mass is 19.1. The van der Waals surface area contributed by atoms with E-state index in [-0.39, 0.29) is 17.9 Å². The fourth-order valence-corrected chi connectivity index (χ4v) is 1.67. The summed E-state index contributed by atoms with van der Waals surface area (Å²) in [5, 5.41) is 12.1. The summed E-state index contributed by atoms with van der Waals surface area (Å²) in [5.41, 5.74) is 6.95. The van der Waals surface area contributed by atoms with Gasteiger partial charge in [-0.2, -0.15) is 0 Å². The summed E-state index contributed by atoms with van der Waals surface area (Å²) in [6.07, 6.45) is 0. The molecule has 0 spiro atoms. The van der Waals surface area contributed by atoms with Gasteiger partial charge in [0.2, 0.25) is 0 Å². The van der Waals surface area contributed by atoms with Crippen LogP contribution in [-0.4, -0.2) is 11.0 Å². The smallest absolute Gasteiger partial charge is 0.255 e. The number of amides is 1. The number of hydrogen-bond donors (Lipinski definition) is 3. The lowest BCUT2D eigenvalue weighted by molar-refractivity contribution is 0.0947. The third kappa shape index (κ3) is 3.22. The van der Waals surface area contributed by atoms with Gasteiger partial charge in [0.05, 0.1) is 5.56 Å². The molecule has 0 saturated carbocycles. The number of carbonyl (C=O) groups is 1. The van der Waals surface area contributed by atoms with E-state index >= 15 is 0 Å². The van der Waals surface area contributed by atoms with Gasteiger partial charge in [-0.15, -0.1) is 0 Å². The number of hydrogen-bond acceptors (Lipinski definition) is 3. The Morgan fingerprint density at radius 3 is 2.79 bits per heavy atom. The molecule has 5 heteroatoms. The second kappa shape index (κ2) is 5.39. The first-order chi connectivity index (χ1) is 9.06. The summed E-state index contributed by atoms with van der Waals surface area (Å²) in [6, 6.07) is 10.3. The Morgan fingerprint density at radius 2 is 2.05 bits per heavy atom. The van der Waals surface area contributed by atoms with Crippen molar-refractivity contribution in [2.24, 2.45) is 0 Å². The second-order valence-corrected chi connectivity index (χ2v) is 4.09. The molecule has 2 aromatic carbocycles. The molecule has 0 heterocycles. The largest absolute Gasteiger partial charge is 0.507 e. The summed E-state index contributed by atoms with van der Waals surface area (Å²) in [5.74, 6) is -1.38. The van der Waals surface area contributed by atoms with Gasteiger partial charge in [-0.3, -0.25) is 4.79 Å². The maximum Gasteiger partial charge on any atom is 0.255 e. The van der Waals surface area contributed by atoms with E-state index in [0.29, 0.717) is 5.69 Å². The molecular weight excluding hydrogens is 247 g/mol. The number of rotatable bonds is 3. The predicted octanol–water partition coefficient (Wildman–Crippen LogP) is 2.04. The summed E-state index contributed by atoms with van der Waals surface area (Å²) >= 11 is 0. The normalized spacial score (nSPS) is 10.2. The highest BCUT2D eigenvalue weighted by Crippen LogP contribution is 2.17. The summed E-state index contributed by atoms with van der Waals surface area (Å²) in [7, 11) is 0. The number of phenols is 1. The van der Waals surface area contributed by atoms with Gasteiger partial charge >= 0.3 is 0 Å². The number of nitrogens with two attached hydrogens (primary N) is 1. The van der Waals surface area contributed by atoms with Gasteiger partial charge in [-0.05, 0) is 35.9 Å². The van der Waals surface area contributed by atoms with Crippen LogP contribution in [0.2, 0.25) is 0 Å². The lowest BCUT2D eigenvalue weighted by atomic mass is 10.1. The molecule has 0 radical (unpaired) electrons. The SMILES string of the molecule is Nc1cccc(CNC(=O)c2cc(F)ccc2O)c1. The molecule has 0 unspecified atom stereocenters. The molecule has 2 aromatic rings. The molecule has 0 aliphatic carbocycles. The van der Waals surface area contributed by atoms with Crippen molar-refractivity contribution in [2.45, 2.75) is 6.54 Å². The molecular formula is C14H13FN2O2. The number of anilines is 1. The standard InChI is InChI=1S/C14H13FN2O2/c15-10-4-5-13(18)12(7-10)14(19)17-8-9-2-1-3-11(16)6-9/h1-7,18H,8,16H2,(H,17,19). The Balaban J connectivity index is 2.07. The van der Waals surface area contributed by atoms with Crippen LogP contribution >= 0.6 is 0 Å². The topological polar surface area (TPSA) is 75.3 Å². The molecule has 0 aliphatic heterocycles. The first-order valence-corrected chi connectivity index (χ1v) is 5.67. The van der Waals surface area contributed by atoms with Crippen molar-refractivity contribution < 1.29 is 14.3 Å². The van der Waals surface area contributed by atoms with Crippen LogP contribution < -0.4 is 11.1 Å². The lowest BCUT2D eigenvalue weighted by Gasteiger charge is -2.07. The molecule has 0 aliphatic rings. The molecule has 0 aromatic heterocycles. The van der Waals surface area contributed by atoms with Crippen molar-refractivity contribution in [3.8, 4) is 5.75 Å². The zero-order valence-electron chi connectivity index (χ0n) is 10.1. The van der Waals surface area contributed by atoms with E-state index in [9.17, 15) is 14.3 Å². The van der Waals surface area contributed by atoms with E-state index in [4.69, 9.17) is 5.73 Å². The van der Waals surface area contributed by atoms with Crippen molar-refractivity contribution in [1.82, 2.24) is 5.32 Å². The van der Waals surface area contributed by atoms with Gasteiger partial charge in [0.1, 0.15) is 11.6 Å². The van der Waals surface area contributed by atoms with Crippen LogP contribution in [0.25, 0.3) is 0 Å². The average Bonchev–Trinajstić information content (AvgIpc) is 2.39. The number of phenolic OH excluding ortho intramolecular Hbond substituents is 1. The van der Waals surface area contributed by atoms with Crippen molar-refractivity contribution in [3.63, 3.8) is 0 Å². The van der Waals surface area contributed by atoms with Crippen LogP contribution in [0.15, 0.2) is 42.5 Å². The van der Waals surface area contributed by atoms with Crippen LogP contribution in [0.3, 0.4) is 0 Å². The lowest BCUT2D eigenvalue weighted by Crippen LogP contribution is -2.23. The van der Waals surface area contributed by atoms with Crippen LogP contribution in [0.1, 0.15) is 15.9 Å². The Kier molecular flexibility index (Phi) is 3.66. The maximum absolute atomic E-state index is 13.0. The number of halogens is 1. The number of aromatic hydroxyl groups is 1. The minimum absolute atomic E-state index is 0.0936. The van der Waals surface area contributed by atoms with Crippen molar-refractivity contribution >= 4 is 11.6 Å². The van der Waals surface area contributed by atoms with Gasteiger partial charge in [-0.1, -0.05) is 12.1 Å². The Labute approximate surface area is 109 Å². The summed E-state index contributed by atoms with van der Waals surface area (Å²) in [4.78, 5) is 11.8. The zero-order chi connectivity index (χ0) is 13.8. The Bertz CT molecular complexity index is 614. The van der Waals surface area contributed by atoms with Gasteiger partial charge < -0.3 is 16.2 Å². The molecule has 2 rings (SSSR count). The van der Waals surface area contributed by atoms with E-state index in [2.05, 4.69) is 5.32 Å². The fourth-order valence-electron chi connectivity index (χ4n) is 1.67. The van der Waals surface area contributed by atoms with E-state index in [0.717, 1.165) is 23.8 Å². The molecule has 4 nitrogen and oxygen atoms in total. The van der Waals surface area contributed by atoms with Crippen LogP contribution in [0.5, 0.6) is 5.75 Å². The number of carbonyl (C=O) groups excluding carboxylic acids is 1. The maximum atomic E-state index is 13.0. The summed E-state index contributed by atoms with van der Waals surface area (Å²) < 4.78 is 13.0. The first kappa shape index (κ1) is 12.9. The minimum atomic E-state index is -0.577. The second-order valence-electron chi connectivity index (χ2n) is 4.09. The number of benzene rings is 2. The Hall–Kier alpha value is -2.56.